The van der Waals surface area contributed by atoms with E-state index >= 15 is 0 Å². The highest BCUT2D eigenvalue weighted by Gasteiger charge is 1.87. The number of rotatable bonds is 0. The van der Waals surface area contributed by atoms with Crippen molar-refractivity contribution in [1.29, 1.82) is 0 Å². The molecule has 1 heterocycles. The summed E-state index contributed by atoms with van der Waals surface area (Å²) in [6.07, 6.45) is 4.42. The van der Waals surface area contributed by atoms with Crippen molar-refractivity contribution in [2.75, 3.05) is 0 Å². The molecule has 1 heteroatoms. The van der Waals surface area contributed by atoms with E-state index in [0.717, 1.165) is 0 Å². The van der Waals surface area contributed by atoms with Crippen LogP contribution in [0.1, 0.15) is 0 Å². The molecule has 0 aliphatic carbocycles. The van der Waals surface area contributed by atoms with Crippen LogP contribution in [-0.2, 0) is 0 Å². The maximum absolute atomic E-state index is 2.32. The summed E-state index contributed by atoms with van der Waals surface area (Å²) in [7, 11) is 0.00669. The first-order valence-corrected chi connectivity index (χ1v) is 4.50. The van der Waals surface area contributed by atoms with Crippen LogP contribution in [0, 0.1) is 0 Å². The zero-order valence-electron chi connectivity index (χ0n) is 3.94. The standard InChI is InChI=1S/C5H8Si/c1-6-4-2-3-5-6/h2-4H,5H2,1H3. The Morgan fingerprint density at radius 2 is 2.50 bits per heavy atom. The van der Waals surface area contributed by atoms with Crippen LogP contribution in [0.3, 0.4) is 0 Å². The Morgan fingerprint density at radius 3 is 2.67 bits per heavy atom. The Balaban J connectivity index is 2.61. The summed E-state index contributed by atoms with van der Waals surface area (Å²) < 4.78 is 0. The summed E-state index contributed by atoms with van der Waals surface area (Å²) in [6, 6.07) is 1.35. The number of hydrogen-bond acceptors (Lipinski definition) is 0. The van der Waals surface area contributed by atoms with Crippen LogP contribution in [0.5, 0.6) is 0 Å². The Bertz CT molecular complexity index is 101. The molecule has 0 amide bonds. The fourth-order valence-electron chi connectivity index (χ4n) is 0.554. The lowest BCUT2D eigenvalue weighted by atomic mass is 10.6. The average Bonchev–Trinajstić information content (AvgIpc) is 1.86. The van der Waals surface area contributed by atoms with Crippen molar-refractivity contribution >= 4 is 14.1 Å². The number of allylic oxidation sites excluding steroid dienone is 2. The molecule has 32 valence electrons. The predicted molar refractivity (Wildman–Crippen MR) is 31.6 cm³/mol. The van der Waals surface area contributed by atoms with Crippen LogP contribution in [0.2, 0.25) is 12.6 Å². The first-order valence-electron chi connectivity index (χ1n) is 2.22. The van der Waals surface area contributed by atoms with E-state index < -0.39 is 0 Å². The molecule has 0 radical (unpaired) electrons. The summed E-state index contributed by atoms with van der Waals surface area (Å²) in [4.78, 5) is 0. The van der Waals surface area contributed by atoms with E-state index in [1.54, 1.807) is 0 Å². The molecule has 0 aromatic heterocycles. The van der Waals surface area contributed by atoms with Crippen LogP contribution in [-0.4, -0.2) is 14.1 Å². The zero-order chi connectivity index (χ0) is 4.41. The second-order valence-corrected chi connectivity index (χ2v) is 4.08. The van der Waals surface area contributed by atoms with Gasteiger partial charge in [0.05, 0.1) is 0 Å². The molecule has 1 rings (SSSR count). The van der Waals surface area contributed by atoms with Crippen molar-refractivity contribution in [2.45, 2.75) is 12.6 Å². The molecule has 6 heavy (non-hydrogen) atoms. The van der Waals surface area contributed by atoms with E-state index in [-0.39, 0.29) is 8.41 Å². The summed E-state index contributed by atoms with van der Waals surface area (Å²) in [5.41, 5.74) is 2.32. The van der Waals surface area contributed by atoms with Crippen molar-refractivity contribution in [1.82, 2.24) is 0 Å². The molecule has 0 aromatic rings. The van der Waals surface area contributed by atoms with Gasteiger partial charge in [0.1, 0.15) is 0 Å². The lowest BCUT2D eigenvalue weighted by Gasteiger charge is -1.76. The Hall–Kier alpha value is -0.173. The van der Waals surface area contributed by atoms with Crippen LogP contribution in [0.4, 0.5) is 0 Å². The van der Waals surface area contributed by atoms with Crippen molar-refractivity contribution < 1.29 is 0 Å². The molecule has 0 aromatic carbocycles. The van der Waals surface area contributed by atoms with Crippen molar-refractivity contribution in [3.63, 3.8) is 0 Å². The molecule has 0 saturated heterocycles. The van der Waals surface area contributed by atoms with Crippen molar-refractivity contribution in [2.24, 2.45) is 0 Å². The molecule has 0 fully saturated rings. The van der Waals surface area contributed by atoms with Gasteiger partial charge in [0.15, 0.2) is 0 Å². The molecule has 0 unspecified atom stereocenters. The van der Waals surface area contributed by atoms with Crippen molar-refractivity contribution in [3.05, 3.63) is 12.2 Å². The summed E-state index contributed by atoms with van der Waals surface area (Å²) in [5.74, 6) is 0. The lowest BCUT2D eigenvalue weighted by molar-refractivity contribution is 1.71. The molecular weight excluding hydrogens is 88.1 g/mol. The Kier molecular flexibility index (Phi) is 1.01. The monoisotopic (exact) mass is 96.0 g/mol. The highest BCUT2D eigenvalue weighted by atomic mass is 28.2. The van der Waals surface area contributed by atoms with Crippen LogP contribution in [0.25, 0.3) is 0 Å². The van der Waals surface area contributed by atoms with Gasteiger partial charge in [-0.3, -0.25) is 0 Å². The summed E-state index contributed by atoms with van der Waals surface area (Å²) >= 11 is 0. The van der Waals surface area contributed by atoms with Gasteiger partial charge in [-0.15, -0.1) is 0 Å². The number of hydrogen-bond donors (Lipinski definition) is 0. The predicted octanol–water partition coefficient (Wildman–Crippen LogP) is 1.06. The molecule has 0 spiro atoms. The van der Waals surface area contributed by atoms with E-state index in [4.69, 9.17) is 0 Å². The quantitative estimate of drug-likeness (QED) is 0.396. The average molecular weight is 96.2 g/mol. The van der Waals surface area contributed by atoms with Crippen LogP contribution in [0.15, 0.2) is 12.2 Å². The maximum Gasteiger partial charge on any atom is 0.0104 e. The molecule has 0 nitrogen and oxygen atoms in total. The van der Waals surface area contributed by atoms with Gasteiger partial charge in [-0.1, -0.05) is 24.4 Å². The molecule has 1 aliphatic rings. The van der Waals surface area contributed by atoms with Gasteiger partial charge in [-0.05, 0) is 6.04 Å². The summed E-state index contributed by atoms with van der Waals surface area (Å²) in [5, 5.41) is 0. The highest BCUT2D eigenvalue weighted by Crippen LogP contribution is 1.90. The van der Waals surface area contributed by atoms with E-state index in [1.807, 2.05) is 0 Å². The van der Waals surface area contributed by atoms with Gasteiger partial charge < -0.3 is 0 Å². The van der Waals surface area contributed by atoms with Crippen LogP contribution < -0.4 is 0 Å². The third-order valence-electron chi connectivity index (χ3n) is 0.957. The lowest BCUT2D eigenvalue weighted by Crippen LogP contribution is -1.86. The van der Waals surface area contributed by atoms with E-state index in [2.05, 4.69) is 24.4 Å². The smallest absolute Gasteiger partial charge is 0.0104 e. The minimum Gasteiger partial charge on any atom is -0.0844 e. The second-order valence-electron chi connectivity index (χ2n) is 1.65. The highest BCUT2D eigenvalue weighted by molar-refractivity contribution is 6.68. The molecule has 0 saturated carbocycles. The first kappa shape index (κ1) is 4.00. The van der Waals surface area contributed by atoms with Gasteiger partial charge in [-0.25, -0.2) is 0 Å². The van der Waals surface area contributed by atoms with Gasteiger partial charge in [0.25, 0.3) is 0 Å². The van der Waals surface area contributed by atoms with Gasteiger partial charge in [0.2, 0.25) is 0 Å². The molecular formula is C5H8Si. The van der Waals surface area contributed by atoms with E-state index in [1.165, 1.54) is 6.04 Å². The topological polar surface area (TPSA) is 0 Å². The van der Waals surface area contributed by atoms with Gasteiger partial charge in [0, 0.05) is 8.41 Å². The minimum atomic E-state index is 0.00669. The van der Waals surface area contributed by atoms with Gasteiger partial charge >= 0.3 is 0 Å². The van der Waals surface area contributed by atoms with Gasteiger partial charge in [-0.2, -0.15) is 0 Å². The first-order chi connectivity index (χ1) is 2.89. The molecule has 0 atom stereocenters. The summed E-state index contributed by atoms with van der Waals surface area (Å²) in [6.45, 7) is 2.32. The third-order valence-corrected chi connectivity index (χ3v) is 2.60. The minimum absolute atomic E-state index is 0.00669. The normalized spacial score (nSPS) is 18.5. The van der Waals surface area contributed by atoms with E-state index in [0.29, 0.717) is 0 Å². The molecule has 0 N–H and O–H groups in total. The Labute approximate surface area is 39.7 Å². The van der Waals surface area contributed by atoms with E-state index in [9.17, 15) is 0 Å². The fraction of sp³-hybridized carbons (Fsp3) is 0.400. The third kappa shape index (κ3) is 0.656. The molecule has 1 aliphatic heterocycles. The van der Waals surface area contributed by atoms with Crippen molar-refractivity contribution in [3.8, 4) is 0 Å². The largest absolute Gasteiger partial charge is 0.0844 e. The maximum atomic E-state index is 2.32. The fourth-order valence-corrected chi connectivity index (χ4v) is 1.66. The Morgan fingerprint density at radius 1 is 1.67 bits per heavy atom. The second kappa shape index (κ2) is 1.52. The SMILES string of the molecule is C[Si]1=CC=CC1. The zero-order valence-corrected chi connectivity index (χ0v) is 4.94. The molecule has 0 bridgehead atoms. The van der Waals surface area contributed by atoms with Crippen LogP contribution >= 0.6 is 0 Å².